The summed E-state index contributed by atoms with van der Waals surface area (Å²) >= 11 is 0. The van der Waals surface area contributed by atoms with Crippen LogP contribution in [0, 0.1) is 12.8 Å². The summed E-state index contributed by atoms with van der Waals surface area (Å²) in [6, 6.07) is 1.02. The van der Waals surface area contributed by atoms with Crippen LogP contribution in [0.25, 0.3) is 0 Å². The predicted octanol–water partition coefficient (Wildman–Crippen LogP) is 1.61. The lowest BCUT2D eigenvalue weighted by Gasteiger charge is -2.07. The van der Waals surface area contributed by atoms with Crippen molar-refractivity contribution in [3.63, 3.8) is 0 Å². The summed E-state index contributed by atoms with van der Waals surface area (Å²) < 4.78 is 31.1. The van der Waals surface area contributed by atoms with Crippen LogP contribution in [0.15, 0.2) is 15.4 Å². The van der Waals surface area contributed by atoms with Gasteiger partial charge < -0.3 is 9.52 Å². The number of nitrogens with one attached hydrogen (secondary N) is 1. The quantitative estimate of drug-likeness (QED) is 0.822. The molecule has 1 aromatic rings. The van der Waals surface area contributed by atoms with Crippen LogP contribution in [0.1, 0.15) is 36.6 Å². The number of carboxylic acids is 1. The first kappa shape index (κ1) is 14.7. The van der Waals surface area contributed by atoms with Crippen molar-refractivity contribution in [2.24, 2.45) is 5.92 Å². The number of hydrogen-bond acceptors (Lipinski definition) is 4. The fraction of sp³-hybridized carbons (Fsp3) is 0.545. The third-order valence-corrected chi connectivity index (χ3v) is 3.95. The van der Waals surface area contributed by atoms with Crippen LogP contribution in [-0.2, 0) is 10.0 Å². The summed E-state index contributed by atoms with van der Waals surface area (Å²) in [7, 11) is -3.71. The molecule has 0 fully saturated rings. The van der Waals surface area contributed by atoms with Gasteiger partial charge in [-0.2, -0.15) is 0 Å². The summed E-state index contributed by atoms with van der Waals surface area (Å²) in [5.41, 5.74) is 0. The highest BCUT2D eigenvalue weighted by Crippen LogP contribution is 2.19. The third kappa shape index (κ3) is 3.58. The number of sulfonamides is 1. The van der Waals surface area contributed by atoms with E-state index in [0.29, 0.717) is 18.9 Å². The van der Waals surface area contributed by atoms with Crippen molar-refractivity contribution in [3.05, 3.63) is 17.6 Å². The molecule has 0 bridgehead atoms. The van der Waals surface area contributed by atoms with Crippen molar-refractivity contribution in [2.75, 3.05) is 6.54 Å². The Labute approximate surface area is 106 Å². The molecule has 0 aromatic carbocycles. The molecule has 1 heterocycles. The van der Waals surface area contributed by atoms with Crippen LogP contribution in [0.3, 0.4) is 0 Å². The van der Waals surface area contributed by atoms with Gasteiger partial charge in [0.2, 0.25) is 15.8 Å². The molecule has 1 rings (SSSR count). The lowest BCUT2D eigenvalue weighted by atomic mass is 10.1. The van der Waals surface area contributed by atoms with Gasteiger partial charge in [0.15, 0.2) is 0 Å². The predicted molar refractivity (Wildman–Crippen MR) is 65.0 cm³/mol. The van der Waals surface area contributed by atoms with E-state index in [4.69, 9.17) is 9.52 Å². The number of furan rings is 1. The van der Waals surface area contributed by atoms with Crippen LogP contribution in [0.5, 0.6) is 0 Å². The highest BCUT2D eigenvalue weighted by Gasteiger charge is 2.23. The Balaban J connectivity index is 2.88. The maximum atomic E-state index is 11.9. The van der Waals surface area contributed by atoms with E-state index in [0.717, 1.165) is 6.07 Å². The molecule has 1 aromatic heterocycles. The molecule has 0 aliphatic rings. The number of carbonyl (C=O) groups is 1. The Kier molecular flexibility index (Phi) is 4.53. The average molecular weight is 275 g/mol. The van der Waals surface area contributed by atoms with E-state index in [9.17, 15) is 13.2 Å². The van der Waals surface area contributed by atoms with Crippen molar-refractivity contribution in [1.29, 1.82) is 0 Å². The van der Waals surface area contributed by atoms with Crippen molar-refractivity contribution in [3.8, 4) is 0 Å². The van der Waals surface area contributed by atoms with Crippen LogP contribution >= 0.6 is 0 Å². The molecule has 0 saturated heterocycles. The summed E-state index contributed by atoms with van der Waals surface area (Å²) in [5, 5.41) is 8.73. The second kappa shape index (κ2) is 5.53. The highest BCUT2D eigenvalue weighted by atomic mass is 32.2. The first-order valence-electron chi connectivity index (χ1n) is 5.57. The van der Waals surface area contributed by atoms with E-state index in [1.54, 1.807) is 0 Å². The molecule has 0 unspecified atom stereocenters. The van der Waals surface area contributed by atoms with E-state index in [2.05, 4.69) is 4.72 Å². The van der Waals surface area contributed by atoms with Crippen molar-refractivity contribution < 1.29 is 22.7 Å². The van der Waals surface area contributed by atoms with Gasteiger partial charge in [0.05, 0.1) is 0 Å². The molecular weight excluding hydrogens is 258 g/mol. The minimum absolute atomic E-state index is 0.0736. The Bertz CT molecular complexity index is 530. The average Bonchev–Trinajstić information content (AvgIpc) is 2.60. The minimum Gasteiger partial charge on any atom is -0.475 e. The zero-order valence-corrected chi connectivity index (χ0v) is 11.4. The van der Waals surface area contributed by atoms with Crippen molar-refractivity contribution in [2.45, 2.75) is 32.1 Å². The third-order valence-electron chi connectivity index (χ3n) is 2.39. The van der Waals surface area contributed by atoms with Gasteiger partial charge in [-0.15, -0.1) is 0 Å². The molecule has 0 saturated carbocycles. The van der Waals surface area contributed by atoms with Gasteiger partial charge in [-0.3, -0.25) is 0 Å². The van der Waals surface area contributed by atoms with E-state index >= 15 is 0 Å². The maximum Gasteiger partial charge on any atom is 0.371 e. The number of carboxylic acid groups (broad SMARTS) is 1. The zero-order valence-electron chi connectivity index (χ0n) is 10.6. The molecule has 0 aliphatic carbocycles. The smallest absolute Gasteiger partial charge is 0.371 e. The molecular formula is C11H17NO5S. The number of hydrogen-bond donors (Lipinski definition) is 2. The number of rotatable bonds is 6. The zero-order chi connectivity index (χ0) is 13.9. The Morgan fingerprint density at radius 1 is 1.50 bits per heavy atom. The monoisotopic (exact) mass is 275 g/mol. The molecule has 7 heteroatoms. The first-order valence-corrected chi connectivity index (χ1v) is 7.05. The highest BCUT2D eigenvalue weighted by molar-refractivity contribution is 7.89. The van der Waals surface area contributed by atoms with Gasteiger partial charge in [0.1, 0.15) is 10.7 Å². The van der Waals surface area contributed by atoms with Crippen molar-refractivity contribution >= 4 is 16.0 Å². The molecule has 0 spiro atoms. The van der Waals surface area contributed by atoms with Gasteiger partial charge in [-0.1, -0.05) is 13.8 Å². The number of aryl methyl sites for hydroxylation is 1. The fourth-order valence-corrected chi connectivity index (χ4v) is 2.62. The van der Waals surface area contributed by atoms with Gasteiger partial charge in [0, 0.05) is 12.6 Å². The summed E-state index contributed by atoms with van der Waals surface area (Å²) in [6.07, 6.45) is 0.710. The van der Waals surface area contributed by atoms with E-state index in [1.165, 1.54) is 6.92 Å². The summed E-state index contributed by atoms with van der Waals surface area (Å²) in [5.74, 6) is -1.21. The maximum absolute atomic E-state index is 11.9. The molecule has 0 radical (unpaired) electrons. The first-order chi connectivity index (χ1) is 8.24. The van der Waals surface area contributed by atoms with Crippen LogP contribution in [0.2, 0.25) is 0 Å². The molecule has 6 nitrogen and oxygen atoms in total. The SMILES string of the molecule is Cc1oc(C(=O)O)cc1S(=O)(=O)NCCC(C)C. The van der Waals surface area contributed by atoms with Gasteiger partial charge >= 0.3 is 5.97 Å². The lowest BCUT2D eigenvalue weighted by molar-refractivity contribution is 0.0661. The molecule has 18 heavy (non-hydrogen) atoms. The van der Waals surface area contributed by atoms with E-state index < -0.39 is 16.0 Å². The minimum atomic E-state index is -3.71. The Morgan fingerprint density at radius 2 is 2.11 bits per heavy atom. The molecule has 0 amide bonds. The normalized spacial score (nSPS) is 12.0. The molecule has 0 atom stereocenters. The van der Waals surface area contributed by atoms with Crippen LogP contribution in [-0.4, -0.2) is 26.0 Å². The molecule has 2 N–H and O–H groups in total. The lowest BCUT2D eigenvalue weighted by Crippen LogP contribution is -2.25. The van der Waals surface area contributed by atoms with Gasteiger partial charge in [-0.05, 0) is 19.3 Å². The van der Waals surface area contributed by atoms with Crippen LogP contribution in [0.4, 0.5) is 0 Å². The number of aromatic carboxylic acids is 1. The Hall–Kier alpha value is -1.34. The fourth-order valence-electron chi connectivity index (χ4n) is 1.40. The van der Waals surface area contributed by atoms with E-state index in [1.807, 2.05) is 13.8 Å². The largest absolute Gasteiger partial charge is 0.475 e. The molecule has 102 valence electrons. The van der Waals surface area contributed by atoms with Gasteiger partial charge in [0.25, 0.3) is 0 Å². The van der Waals surface area contributed by atoms with Crippen molar-refractivity contribution in [1.82, 2.24) is 4.72 Å². The standard InChI is InChI=1S/C11H17NO5S/c1-7(2)4-5-12-18(15,16)10-6-9(11(13)14)17-8(10)3/h6-7,12H,4-5H2,1-3H3,(H,13,14). The van der Waals surface area contributed by atoms with Gasteiger partial charge in [-0.25, -0.2) is 17.9 Å². The Morgan fingerprint density at radius 3 is 2.56 bits per heavy atom. The topological polar surface area (TPSA) is 96.6 Å². The summed E-state index contributed by atoms with van der Waals surface area (Å²) in [4.78, 5) is 10.6. The van der Waals surface area contributed by atoms with Crippen LogP contribution < -0.4 is 4.72 Å². The summed E-state index contributed by atoms with van der Waals surface area (Å²) in [6.45, 7) is 5.70. The second-order valence-corrected chi connectivity index (χ2v) is 6.15. The molecule has 0 aliphatic heterocycles. The van der Waals surface area contributed by atoms with E-state index in [-0.39, 0.29) is 16.4 Å². The second-order valence-electron chi connectivity index (χ2n) is 4.42.